The Bertz CT molecular complexity index is 402. The second-order valence-corrected chi connectivity index (χ2v) is 3.28. The fourth-order valence-corrected chi connectivity index (χ4v) is 1.19. The van der Waals surface area contributed by atoms with Crippen molar-refractivity contribution in [3.8, 4) is 0 Å². The average Bonchev–Trinajstić information content (AvgIpc) is 2.27. The van der Waals surface area contributed by atoms with Crippen molar-refractivity contribution in [1.82, 2.24) is 0 Å². The van der Waals surface area contributed by atoms with Crippen LogP contribution in [0.4, 0.5) is 0 Å². The molecule has 3 nitrogen and oxygen atoms in total. The van der Waals surface area contributed by atoms with Crippen molar-refractivity contribution in [3.63, 3.8) is 0 Å². The average molecular weight is 225 g/mol. The van der Waals surface area contributed by atoms with Gasteiger partial charge in [0.15, 0.2) is 0 Å². The summed E-state index contributed by atoms with van der Waals surface area (Å²) in [5.74, 6) is 1.26. The normalized spacial score (nSPS) is 9.20. The van der Waals surface area contributed by atoms with E-state index < -0.39 is 5.97 Å². The Kier molecular flexibility index (Phi) is 4.10. The summed E-state index contributed by atoms with van der Waals surface area (Å²) < 4.78 is 4.46. The van der Waals surface area contributed by atoms with Gasteiger partial charge < -0.3 is 4.74 Å². The van der Waals surface area contributed by atoms with Gasteiger partial charge in [-0.3, -0.25) is 4.79 Å². The van der Waals surface area contributed by atoms with Crippen molar-refractivity contribution in [3.05, 3.63) is 34.9 Å². The predicted molar refractivity (Wildman–Crippen MR) is 57.2 cm³/mol. The van der Waals surface area contributed by atoms with E-state index in [9.17, 15) is 9.59 Å². The molecule has 0 saturated carbocycles. The van der Waals surface area contributed by atoms with E-state index in [2.05, 4.69) is 4.74 Å². The predicted octanol–water partition coefficient (Wildman–Crippen LogP) is 2.12. The molecule has 15 heavy (non-hydrogen) atoms. The summed E-state index contributed by atoms with van der Waals surface area (Å²) in [5.41, 5.74) is 0.887. The fraction of sp³-hybridized carbons (Fsp3) is 0.182. The minimum absolute atomic E-state index is 0.0817. The minimum Gasteiger partial charge on any atom is -0.469 e. The number of esters is 1. The summed E-state index contributed by atoms with van der Waals surface area (Å²) in [4.78, 5) is 21.6. The van der Waals surface area contributed by atoms with E-state index in [1.54, 1.807) is 30.2 Å². The third-order valence-corrected chi connectivity index (χ3v) is 2.12. The number of hydrogen-bond acceptors (Lipinski definition) is 3. The molecule has 0 heterocycles. The summed E-state index contributed by atoms with van der Waals surface area (Å²) in [6.07, 6.45) is -0.0817. The maximum atomic E-state index is 11.0. The van der Waals surface area contributed by atoms with E-state index >= 15 is 0 Å². The van der Waals surface area contributed by atoms with Crippen LogP contribution in [-0.2, 0) is 14.3 Å². The molecule has 0 N–H and O–H groups in total. The SMILES string of the molecule is COC(=O)CC(=C=O)c1ccc(Cl)cc1. The molecule has 1 aromatic carbocycles. The molecule has 0 unspecified atom stereocenters. The lowest BCUT2D eigenvalue weighted by Crippen LogP contribution is -2.01. The lowest BCUT2D eigenvalue weighted by molar-refractivity contribution is -0.139. The molecule has 0 bridgehead atoms. The van der Waals surface area contributed by atoms with E-state index in [4.69, 9.17) is 11.6 Å². The maximum Gasteiger partial charge on any atom is 0.310 e. The summed E-state index contributed by atoms with van der Waals surface area (Å²) in [5, 5.41) is 0.571. The molecule has 0 aromatic heterocycles. The zero-order chi connectivity index (χ0) is 11.3. The number of carbonyl (C=O) groups is 1. The molecule has 1 aromatic rings. The lowest BCUT2D eigenvalue weighted by Gasteiger charge is -2.02. The van der Waals surface area contributed by atoms with Crippen LogP contribution < -0.4 is 0 Å². The molecule has 0 spiro atoms. The lowest BCUT2D eigenvalue weighted by atomic mass is 10.1. The largest absolute Gasteiger partial charge is 0.469 e. The van der Waals surface area contributed by atoms with Crippen molar-refractivity contribution in [2.75, 3.05) is 7.11 Å². The number of hydrogen-bond donors (Lipinski definition) is 0. The number of benzene rings is 1. The Labute approximate surface area is 92.3 Å². The molecule has 78 valence electrons. The third-order valence-electron chi connectivity index (χ3n) is 1.86. The molecule has 0 atom stereocenters. The second-order valence-electron chi connectivity index (χ2n) is 2.84. The number of carbonyl (C=O) groups excluding carboxylic acids is 2. The Balaban J connectivity index is 2.89. The summed E-state index contributed by atoms with van der Waals surface area (Å²) in [6, 6.07) is 6.61. The molecule has 4 heteroatoms. The van der Waals surface area contributed by atoms with E-state index in [0.29, 0.717) is 10.6 Å². The fourth-order valence-electron chi connectivity index (χ4n) is 1.06. The van der Waals surface area contributed by atoms with Crippen molar-refractivity contribution in [2.24, 2.45) is 0 Å². The first-order valence-corrected chi connectivity index (χ1v) is 4.62. The highest BCUT2D eigenvalue weighted by atomic mass is 35.5. The van der Waals surface area contributed by atoms with Crippen molar-refractivity contribution in [2.45, 2.75) is 6.42 Å². The topological polar surface area (TPSA) is 43.4 Å². The molecule has 0 aliphatic carbocycles. The van der Waals surface area contributed by atoms with Gasteiger partial charge in [0.2, 0.25) is 0 Å². The van der Waals surface area contributed by atoms with Gasteiger partial charge in [0, 0.05) is 5.02 Å². The summed E-state index contributed by atoms with van der Waals surface area (Å²) in [7, 11) is 1.27. The van der Waals surface area contributed by atoms with Crippen LogP contribution in [0.5, 0.6) is 0 Å². The first-order valence-electron chi connectivity index (χ1n) is 4.24. The number of ether oxygens (including phenoxy) is 1. The molecule has 1 rings (SSSR count). The maximum absolute atomic E-state index is 11.0. The number of rotatable bonds is 3. The molecule has 0 saturated heterocycles. The van der Waals surface area contributed by atoms with Crippen LogP contribution >= 0.6 is 11.6 Å². The van der Waals surface area contributed by atoms with Crippen molar-refractivity contribution in [1.29, 1.82) is 0 Å². The van der Waals surface area contributed by atoms with E-state index in [0.717, 1.165) is 0 Å². The van der Waals surface area contributed by atoms with Crippen LogP contribution in [0.1, 0.15) is 12.0 Å². The van der Waals surface area contributed by atoms with Crippen LogP contribution in [0.2, 0.25) is 5.02 Å². The third kappa shape index (κ3) is 3.24. The first kappa shape index (κ1) is 11.5. The number of methoxy groups -OCH3 is 1. The van der Waals surface area contributed by atoms with Crippen LogP contribution in [-0.4, -0.2) is 19.0 Å². The second kappa shape index (κ2) is 5.35. The van der Waals surface area contributed by atoms with Gasteiger partial charge in [-0.15, -0.1) is 0 Å². The molecular weight excluding hydrogens is 216 g/mol. The van der Waals surface area contributed by atoms with Crippen LogP contribution in [0.15, 0.2) is 24.3 Å². The first-order chi connectivity index (χ1) is 7.17. The van der Waals surface area contributed by atoms with Crippen LogP contribution in [0.3, 0.4) is 0 Å². The van der Waals surface area contributed by atoms with E-state index in [-0.39, 0.29) is 12.0 Å². The Morgan fingerprint density at radius 2 is 2.00 bits per heavy atom. The highest BCUT2D eigenvalue weighted by Crippen LogP contribution is 2.18. The molecule has 0 fully saturated rings. The molecule has 0 radical (unpaired) electrons. The molecular formula is C11H9ClO3. The number of halogens is 1. The van der Waals surface area contributed by atoms with Gasteiger partial charge in [0.05, 0.1) is 19.1 Å². The minimum atomic E-state index is -0.469. The van der Waals surface area contributed by atoms with Gasteiger partial charge >= 0.3 is 5.97 Å². The van der Waals surface area contributed by atoms with Gasteiger partial charge in [0.25, 0.3) is 0 Å². The van der Waals surface area contributed by atoms with Gasteiger partial charge in [-0.2, -0.15) is 0 Å². The standard InChI is InChI=1S/C11H9ClO3/c1-15-11(14)6-9(7-13)8-2-4-10(12)5-3-8/h2-5H,6H2,1H3. The van der Waals surface area contributed by atoms with Gasteiger partial charge in [-0.1, -0.05) is 23.7 Å². The van der Waals surface area contributed by atoms with E-state index in [1.165, 1.54) is 7.11 Å². The van der Waals surface area contributed by atoms with Crippen LogP contribution in [0.25, 0.3) is 5.57 Å². The van der Waals surface area contributed by atoms with Crippen molar-refractivity contribution < 1.29 is 14.3 Å². The Hall–Kier alpha value is -1.57. The molecule has 0 amide bonds. The van der Waals surface area contributed by atoms with Crippen molar-refractivity contribution >= 4 is 29.1 Å². The highest BCUT2D eigenvalue weighted by molar-refractivity contribution is 6.30. The monoisotopic (exact) mass is 224 g/mol. The van der Waals surface area contributed by atoms with Gasteiger partial charge in [-0.25, -0.2) is 4.79 Å². The van der Waals surface area contributed by atoms with Gasteiger partial charge in [-0.05, 0) is 17.7 Å². The smallest absolute Gasteiger partial charge is 0.310 e. The summed E-state index contributed by atoms with van der Waals surface area (Å²) >= 11 is 5.69. The quantitative estimate of drug-likeness (QED) is 0.584. The summed E-state index contributed by atoms with van der Waals surface area (Å²) in [6.45, 7) is 0. The highest BCUT2D eigenvalue weighted by Gasteiger charge is 2.09. The van der Waals surface area contributed by atoms with Gasteiger partial charge in [0.1, 0.15) is 5.94 Å². The Morgan fingerprint density at radius 3 is 2.47 bits per heavy atom. The van der Waals surface area contributed by atoms with E-state index in [1.807, 2.05) is 0 Å². The Morgan fingerprint density at radius 1 is 1.40 bits per heavy atom. The molecule has 0 aliphatic rings. The van der Waals surface area contributed by atoms with Crippen LogP contribution in [0, 0.1) is 0 Å². The molecule has 0 aliphatic heterocycles. The zero-order valence-corrected chi connectivity index (χ0v) is 8.88. The zero-order valence-electron chi connectivity index (χ0n) is 8.12.